The minimum atomic E-state index is -3.16. The summed E-state index contributed by atoms with van der Waals surface area (Å²) < 4.78 is 26.0. The highest BCUT2D eigenvalue weighted by Crippen LogP contribution is 2.44. The number of hydrogen-bond acceptors (Lipinski definition) is 3. The third-order valence-electron chi connectivity index (χ3n) is 3.64. The number of aliphatic hydroxyl groups is 1. The van der Waals surface area contributed by atoms with Crippen molar-refractivity contribution in [2.75, 3.05) is 12.4 Å². The van der Waals surface area contributed by atoms with Gasteiger partial charge in [0.2, 0.25) is 10.0 Å². The Kier molecular flexibility index (Phi) is 3.33. The lowest BCUT2D eigenvalue weighted by Gasteiger charge is -2.22. The molecular weight excluding hydrogens is 214 g/mol. The van der Waals surface area contributed by atoms with Crippen molar-refractivity contribution in [1.29, 1.82) is 0 Å². The van der Waals surface area contributed by atoms with E-state index in [0.717, 1.165) is 12.3 Å². The highest BCUT2D eigenvalue weighted by Gasteiger charge is 2.40. The molecule has 2 N–H and O–H groups in total. The lowest BCUT2D eigenvalue weighted by molar-refractivity contribution is 0.295. The van der Waals surface area contributed by atoms with Crippen LogP contribution < -0.4 is 4.72 Å². The van der Waals surface area contributed by atoms with E-state index in [4.69, 9.17) is 5.11 Å². The highest BCUT2D eigenvalue weighted by atomic mass is 32.2. The van der Waals surface area contributed by atoms with Gasteiger partial charge in [0.1, 0.15) is 0 Å². The van der Waals surface area contributed by atoms with Crippen LogP contribution in [0.2, 0.25) is 0 Å². The van der Waals surface area contributed by atoms with E-state index < -0.39 is 10.0 Å². The Morgan fingerprint density at radius 1 is 1.27 bits per heavy atom. The molecule has 15 heavy (non-hydrogen) atoms. The molecule has 0 aromatic carbocycles. The van der Waals surface area contributed by atoms with Crippen molar-refractivity contribution in [3.8, 4) is 0 Å². The minimum absolute atomic E-state index is 0.0530. The average molecular weight is 233 g/mol. The van der Waals surface area contributed by atoms with Crippen molar-refractivity contribution in [3.05, 3.63) is 0 Å². The van der Waals surface area contributed by atoms with Gasteiger partial charge in [-0.3, -0.25) is 0 Å². The van der Waals surface area contributed by atoms with Crippen LogP contribution >= 0.6 is 0 Å². The van der Waals surface area contributed by atoms with Gasteiger partial charge in [0.15, 0.2) is 0 Å². The third kappa shape index (κ3) is 2.71. The molecule has 2 bridgehead atoms. The summed E-state index contributed by atoms with van der Waals surface area (Å²) in [4.78, 5) is 0. The quantitative estimate of drug-likeness (QED) is 0.725. The summed E-state index contributed by atoms with van der Waals surface area (Å²) in [5.74, 6) is 1.37. The molecule has 0 heterocycles. The van der Waals surface area contributed by atoms with E-state index in [1.54, 1.807) is 0 Å². The fourth-order valence-corrected chi connectivity index (χ4v) is 4.31. The van der Waals surface area contributed by atoms with E-state index in [0.29, 0.717) is 12.3 Å². The molecule has 0 aliphatic heterocycles. The lowest BCUT2D eigenvalue weighted by atomic mass is 9.96. The van der Waals surface area contributed by atoms with Gasteiger partial charge in [-0.2, -0.15) is 0 Å². The SMILES string of the molecule is O=S(=O)(CCCO)NC1CC2CCC1C2. The molecule has 88 valence electrons. The van der Waals surface area contributed by atoms with Gasteiger partial charge in [-0.25, -0.2) is 13.1 Å². The Morgan fingerprint density at radius 3 is 2.60 bits per heavy atom. The number of sulfonamides is 1. The van der Waals surface area contributed by atoms with Gasteiger partial charge in [0.05, 0.1) is 5.75 Å². The number of nitrogens with one attached hydrogen (secondary N) is 1. The van der Waals surface area contributed by atoms with Gasteiger partial charge in [-0.15, -0.1) is 0 Å². The molecule has 0 amide bonds. The van der Waals surface area contributed by atoms with Crippen LogP contribution in [0.4, 0.5) is 0 Å². The molecule has 5 heteroatoms. The minimum Gasteiger partial charge on any atom is -0.396 e. The van der Waals surface area contributed by atoms with E-state index in [1.165, 1.54) is 19.3 Å². The van der Waals surface area contributed by atoms with Crippen LogP contribution in [0.15, 0.2) is 0 Å². The Labute approximate surface area is 91.1 Å². The van der Waals surface area contributed by atoms with Crippen molar-refractivity contribution in [1.82, 2.24) is 4.72 Å². The number of hydrogen-bond donors (Lipinski definition) is 2. The second kappa shape index (κ2) is 4.39. The first-order valence-electron chi connectivity index (χ1n) is 5.71. The van der Waals surface area contributed by atoms with Gasteiger partial charge in [0, 0.05) is 12.6 Å². The molecule has 0 aromatic rings. The Morgan fingerprint density at radius 2 is 2.07 bits per heavy atom. The molecule has 3 atom stereocenters. The Balaban J connectivity index is 1.86. The maximum Gasteiger partial charge on any atom is 0.211 e. The van der Waals surface area contributed by atoms with Crippen molar-refractivity contribution in [2.24, 2.45) is 11.8 Å². The summed E-state index contributed by atoms with van der Waals surface area (Å²) in [6.07, 6.45) is 5.00. The Bertz CT molecular complexity index is 315. The van der Waals surface area contributed by atoms with Gasteiger partial charge < -0.3 is 5.11 Å². The van der Waals surface area contributed by atoms with Crippen LogP contribution in [0.1, 0.15) is 32.1 Å². The molecule has 2 aliphatic rings. The topological polar surface area (TPSA) is 66.4 Å². The van der Waals surface area contributed by atoms with Gasteiger partial charge in [0.25, 0.3) is 0 Å². The van der Waals surface area contributed by atoms with E-state index in [2.05, 4.69) is 4.72 Å². The van der Waals surface area contributed by atoms with Crippen molar-refractivity contribution >= 4 is 10.0 Å². The summed E-state index contributed by atoms with van der Waals surface area (Å²) in [6, 6.07) is 0.174. The maximum absolute atomic E-state index is 11.6. The first-order valence-corrected chi connectivity index (χ1v) is 7.37. The molecule has 4 nitrogen and oxygen atoms in total. The summed E-state index contributed by atoms with van der Waals surface area (Å²) in [7, 11) is -3.16. The predicted octanol–water partition coefficient (Wildman–Crippen LogP) is 0.477. The van der Waals surface area contributed by atoms with E-state index in [1.807, 2.05) is 0 Å². The lowest BCUT2D eigenvalue weighted by Crippen LogP contribution is -2.39. The first kappa shape index (κ1) is 11.4. The Hall–Kier alpha value is -0.130. The molecule has 2 aliphatic carbocycles. The first-order chi connectivity index (χ1) is 7.11. The normalized spacial score (nSPS) is 34.9. The van der Waals surface area contributed by atoms with Crippen LogP contribution in [0.5, 0.6) is 0 Å². The number of rotatable bonds is 5. The average Bonchev–Trinajstić information content (AvgIpc) is 2.75. The molecule has 3 unspecified atom stereocenters. The van der Waals surface area contributed by atoms with Crippen molar-refractivity contribution in [2.45, 2.75) is 38.1 Å². The van der Waals surface area contributed by atoms with Crippen molar-refractivity contribution in [3.63, 3.8) is 0 Å². The number of fused-ring (bicyclic) bond motifs is 2. The second-order valence-electron chi connectivity index (χ2n) is 4.80. The molecule has 0 radical (unpaired) electrons. The van der Waals surface area contributed by atoms with Crippen LogP contribution in [0.25, 0.3) is 0 Å². The summed E-state index contributed by atoms with van der Waals surface area (Å²) in [5.41, 5.74) is 0. The van der Waals surface area contributed by atoms with Crippen LogP contribution in [-0.4, -0.2) is 31.9 Å². The smallest absolute Gasteiger partial charge is 0.211 e. The second-order valence-corrected chi connectivity index (χ2v) is 6.67. The van der Waals surface area contributed by atoms with Crippen LogP contribution in [0.3, 0.4) is 0 Å². The summed E-state index contributed by atoms with van der Waals surface area (Å²) >= 11 is 0. The molecule has 2 saturated carbocycles. The summed E-state index contributed by atoms with van der Waals surface area (Å²) in [5, 5.41) is 8.60. The standard InChI is InChI=1S/C10H19NO3S/c12-4-1-5-15(13,14)11-10-7-8-2-3-9(10)6-8/h8-12H,1-7H2. The summed E-state index contributed by atoms with van der Waals surface area (Å²) in [6.45, 7) is -0.0579. The largest absolute Gasteiger partial charge is 0.396 e. The van der Waals surface area contributed by atoms with E-state index >= 15 is 0 Å². The third-order valence-corrected chi connectivity index (χ3v) is 5.13. The van der Waals surface area contributed by atoms with Crippen molar-refractivity contribution < 1.29 is 13.5 Å². The highest BCUT2D eigenvalue weighted by molar-refractivity contribution is 7.89. The van der Waals surface area contributed by atoms with Crippen LogP contribution in [0, 0.1) is 11.8 Å². The fraction of sp³-hybridized carbons (Fsp3) is 1.00. The monoisotopic (exact) mass is 233 g/mol. The molecule has 0 saturated heterocycles. The maximum atomic E-state index is 11.6. The molecule has 0 aromatic heterocycles. The molecule has 2 rings (SSSR count). The van der Waals surface area contributed by atoms with Gasteiger partial charge >= 0.3 is 0 Å². The zero-order chi connectivity index (χ0) is 10.9. The molecular formula is C10H19NO3S. The fourth-order valence-electron chi connectivity index (χ4n) is 2.93. The molecule has 0 spiro atoms. The van der Waals surface area contributed by atoms with Gasteiger partial charge in [-0.05, 0) is 37.5 Å². The zero-order valence-corrected chi connectivity index (χ0v) is 9.67. The van der Waals surface area contributed by atoms with E-state index in [9.17, 15) is 8.42 Å². The van der Waals surface area contributed by atoms with Gasteiger partial charge in [-0.1, -0.05) is 6.42 Å². The van der Waals surface area contributed by atoms with Crippen LogP contribution in [-0.2, 0) is 10.0 Å². The van der Waals surface area contributed by atoms with E-state index in [-0.39, 0.29) is 18.4 Å². The molecule has 2 fully saturated rings. The predicted molar refractivity (Wildman–Crippen MR) is 57.9 cm³/mol. The zero-order valence-electron chi connectivity index (χ0n) is 8.85. The number of aliphatic hydroxyl groups excluding tert-OH is 1.